The van der Waals surface area contributed by atoms with Crippen LogP contribution in [0.4, 0.5) is 0 Å². The summed E-state index contributed by atoms with van der Waals surface area (Å²) < 4.78 is 0. The summed E-state index contributed by atoms with van der Waals surface area (Å²) in [6, 6.07) is 0. The van der Waals surface area contributed by atoms with Crippen LogP contribution in [-0.4, -0.2) is 11.6 Å². The van der Waals surface area contributed by atoms with Crippen LogP contribution in [0, 0.1) is 0 Å². The number of nitrogens with zero attached hydrogens (tertiary/aromatic N) is 1. The minimum absolute atomic E-state index is 0.950. The molecule has 0 saturated heterocycles. The first-order valence-corrected chi connectivity index (χ1v) is 4.27. The lowest BCUT2D eigenvalue weighted by Crippen LogP contribution is -2.30. The van der Waals surface area contributed by atoms with Gasteiger partial charge in [-0.2, -0.15) is 0 Å². The summed E-state index contributed by atoms with van der Waals surface area (Å²) in [5, 5.41) is 1.77. The fraction of sp³-hybridized carbons (Fsp3) is 0.556. The highest BCUT2D eigenvalue weighted by Crippen LogP contribution is 2.27. The smallest absolute Gasteiger partial charge is 0.0551 e. The molecule has 0 bridgehead atoms. The molecule has 11 heavy (non-hydrogen) atoms. The Labute approximate surface area is 67.3 Å². The lowest BCUT2D eigenvalue weighted by Gasteiger charge is -2.26. The zero-order chi connectivity index (χ0) is 7.68. The summed E-state index contributed by atoms with van der Waals surface area (Å²) in [4.78, 5) is 0. The molecule has 0 aromatic carbocycles. The van der Waals surface area contributed by atoms with E-state index in [-0.39, 0.29) is 0 Å². The molecule has 2 heteroatoms. The summed E-state index contributed by atoms with van der Waals surface area (Å²) in [5.41, 5.74) is 3.10. The second kappa shape index (κ2) is 2.70. The van der Waals surface area contributed by atoms with E-state index in [2.05, 4.69) is 6.08 Å². The molecule has 2 nitrogen and oxygen atoms in total. The second-order valence-corrected chi connectivity index (χ2v) is 3.32. The van der Waals surface area contributed by atoms with E-state index in [1.165, 1.54) is 31.3 Å². The molecule has 60 valence electrons. The topological polar surface area (TPSA) is 29.3 Å². The average Bonchev–Trinajstić information content (AvgIpc) is 2.04. The van der Waals surface area contributed by atoms with E-state index in [0.29, 0.717) is 0 Å². The number of rotatable bonds is 0. The van der Waals surface area contributed by atoms with E-state index in [9.17, 15) is 0 Å². The van der Waals surface area contributed by atoms with Crippen molar-refractivity contribution in [1.29, 1.82) is 0 Å². The fourth-order valence-electron chi connectivity index (χ4n) is 1.83. The van der Waals surface area contributed by atoms with Gasteiger partial charge in [0.1, 0.15) is 0 Å². The van der Waals surface area contributed by atoms with Crippen LogP contribution in [-0.2, 0) is 0 Å². The van der Waals surface area contributed by atoms with Gasteiger partial charge < -0.3 is 5.01 Å². The molecule has 0 aromatic heterocycles. The molecular formula is C9H14N2. The van der Waals surface area contributed by atoms with Gasteiger partial charge in [0.25, 0.3) is 0 Å². The molecule has 0 aromatic rings. The Hall–Kier alpha value is -0.760. The third-order valence-corrected chi connectivity index (χ3v) is 2.47. The van der Waals surface area contributed by atoms with Gasteiger partial charge in [0.15, 0.2) is 0 Å². The summed E-state index contributed by atoms with van der Waals surface area (Å²) in [5.74, 6) is 5.65. The van der Waals surface area contributed by atoms with Crippen LogP contribution in [0.1, 0.15) is 25.7 Å². The highest BCUT2D eigenvalue weighted by atomic mass is 15.4. The Morgan fingerprint density at radius 2 is 2.09 bits per heavy atom. The van der Waals surface area contributed by atoms with Crippen LogP contribution in [0.3, 0.4) is 0 Å². The third kappa shape index (κ3) is 1.31. The maximum atomic E-state index is 5.65. The van der Waals surface area contributed by atoms with Crippen molar-refractivity contribution in [2.75, 3.05) is 6.54 Å². The maximum Gasteiger partial charge on any atom is 0.0551 e. The van der Waals surface area contributed by atoms with Crippen LogP contribution >= 0.6 is 0 Å². The number of hydrogen-bond donors (Lipinski definition) is 1. The van der Waals surface area contributed by atoms with Gasteiger partial charge in [0, 0.05) is 6.20 Å². The van der Waals surface area contributed by atoms with Crippen molar-refractivity contribution in [3.05, 3.63) is 23.4 Å². The molecule has 0 fully saturated rings. The van der Waals surface area contributed by atoms with Gasteiger partial charge in [0.05, 0.1) is 6.54 Å². The van der Waals surface area contributed by atoms with Crippen LogP contribution in [0.25, 0.3) is 0 Å². The van der Waals surface area contributed by atoms with E-state index in [4.69, 9.17) is 5.84 Å². The molecule has 0 radical (unpaired) electrons. The molecule has 0 atom stereocenters. The zero-order valence-electron chi connectivity index (χ0n) is 6.71. The van der Waals surface area contributed by atoms with E-state index in [1.54, 1.807) is 10.6 Å². The van der Waals surface area contributed by atoms with E-state index >= 15 is 0 Å². The van der Waals surface area contributed by atoms with Crippen molar-refractivity contribution in [3.8, 4) is 0 Å². The van der Waals surface area contributed by atoms with E-state index < -0.39 is 0 Å². The highest BCUT2D eigenvalue weighted by molar-refractivity contribution is 5.31. The summed E-state index contributed by atoms with van der Waals surface area (Å²) in [6.07, 6.45) is 9.36. The van der Waals surface area contributed by atoms with Gasteiger partial charge in [-0.25, -0.2) is 5.84 Å². The average molecular weight is 150 g/mol. The zero-order valence-corrected chi connectivity index (χ0v) is 6.71. The predicted octanol–water partition coefficient (Wildman–Crippen LogP) is 1.56. The minimum Gasteiger partial charge on any atom is -0.314 e. The van der Waals surface area contributed by atoms with E-state index in [0.717, 1.165) is 6.54 Å². The van der Waals surface area contributed by atoms with Crippen molar-refractivity contribution >= 4 is 0 Å². The molecule has 0 saturated carbocycles. The molecular weight excluding hydrogens is 136 g/mol. The minimum atomic E-state index is 0.950. The summed E-state index contributed by atoms with van der Waals surface area (Å²) >= 11 is 0. The Kier molecular flexibility index (Phi) is 1.70. The standard InChI is InChI=1S/C9H14N2/c10-11-6-5-8-3-1-2-4-9(8)7-11/h5-6H,1-4,7,10H2. The lowest BCUT2D eigenvalue weighted by atomic mass is 9.90. The molecule has 0 spiro atoms. The maximum absolute atomic E-state index is 5.65. The van der Waals surface area contributed by atoms with Crippen LogP contribution < -0.4 is 5.84 Å². The van der Waals surface area contributed by atoms with Crippen molar-refractivity contribution in [2.45, 2.75) is 25.7 Å². The number of nitrogens with two attached hydrogens (primary N) is 1. The summed E-state index contributed by atoms with van der Waals surface area (Å²) in [7, 11) is 0. The van der Waals surface area contributed by atoms with Crippen molar-refractivity contribution in [1.82, 2.24) is 5.01 Å². The third-order valence-electron chi connectivity index (χ3n) is 2.47. The SMILES string of the molecule is NN1C=CC2=C(CCCC2)C1. The van der Waals surface area contributed by atoms with Crippen LogP contribution in [0.5, 0.6) is 0 Å². The molecule has 1 aliphatic carbocycles. The normalized spacial score (nSPS) is 23.9. The van der Waals surface area contributed by atoms with Gasteiger partial charge in [0.2, 0.25) is 0 Å². The van der Waals surface area contributed by atoms with Gasteiger partial charge in [-0.05, 0) is 42.9 Å². The Morgan fingerprint density at radius 1 is 1.27 bits per heavy atom. The van der Waals surface area contributed by atoms with E-state index in [1.807, 2.05) is 6.20 Å². The Morgan fingerprint density at radius 3 is 3.00 bits per heavy atom. The fourth-order valence-corrected chi connectivity index (χ4v) is 1.83. The molecule has 0 unspecified atom stereocenters. The largest absolute Gasteiger partial charge is 0.314 e. The van der Waals surface area contributed by atoms with Crippen molar-refractivity contribution in [2.24, 2.45) is 5.84 Å². The highest BCUT2D eigenvalue weighted by Gasteiger charge is 2.14. The quantitative estimate of drug-likeness (QED) is 0.531. The molecule has 0 amide bonds. The van der Waals surface area contributed by atoms with Gasteiger partial charge in [-0.3, -0.25) is 0 Å². The van der Waals surface area contributed by atoms with Gasteiger partial charge in [-0.15, -0.1) is 0 Å². The summed E-state index contributed by atoms with van der Waals surface area (Å²) in [6.45, 7) is 0.950. The molecule has 1 aliphatic heterocycles. The van der Waals surface area contributed by atoms with Crippen LogP contribution in [0.15, 0.2) is 23.4 Å². The number of hydrazine groups is 1. The second-order valence-electron chi connectivity index (χ2n) is 3.32. The van der Waals surface area contributed by atoms with Crippen LogP contribution in [0.2, 0.25) is 0 Å². The molecule has 2 N–H and O–H groups in total. The molecule has 2 rings (SSSR count). The lowest BCUT2D eigenvalue weighted by molar-refractivity contribution is 0.406. The monoisotopic (exact) mass is 150 g/mol. The van der Waals surface area contributed by atoms with Crippen molar-refractivity contribution in [3.63, 3.8) is 0 Å². The predicted molar refractivity (Wildman–Crippen MR) is 45.5 cm³/mol. The molecule has 1 heterocycles. The molecule has 2 aliphatic rings. The number of allylic oxidation sites excluding steroid dienone is 2. The Balaban J connectivity index is 2.20. The first-order chi connectivity index (χ1) is 5.36. The van der Waals surface area contributed by atoms with Gasteiger partial charge >= 0.3 is 0 Å². The first kappa shape index (κ1) is 6.92. The Bertz CT molecular complexity index is 216. The van der Waals surface area contributed by atoms with Crippen molar-refractivity contribution < 1.29 is 0 Å². The number of hydrogen-bond acceptors (Lipinski definition) is 2. The first-order valence-electron chi connectivity index (χ1n) is 4.27. The van der Waals surface area contributed by atoms with Gasteiger partial charge in [-0.1, -0.05) is 0 Å².